The zero-order valence-corrected chi connectivity index (χ0v) is 16.2. The minimum Gasteiger partial charge on any atom is -0.272 e. The summed E-state index contributed by atoms with van der Waals surface area (Å²) in [5.74, 6) is -0.886. The summed E-state index contributed by atoms with van der Waals surface area (Å²) in [6.45, 7) is 6.26. The van der Waals surface area contributed by atoms with Crippen molar-refractivity contribution in [3.63, 3.8) is 0 Å². The second-order valence-corrected chi connectivity index (χ2v) is 9.00. The maximum Gasteiger partial charge on any atom is 0.271 e. The van der Waals surface area contributed by atoms with Crippen molar-refractivity contribution in [1.82, 2.24) is 10.4 Å². The lowest BCUT2D eigenvalue weighted by Gasteiger charge is -2.23. The van der Waals surface area contributed by atoms with Crippen LogP contribution in [0.1, 0.15) is 60.8 Å². The molecule has 0 saturated carbocycles. The molecule has 0 aromatic carbocycles. The molecule has 1 fully saturated rings. The van der Waals surface area contributed by atoms with E-state index in [4.69, 9.17) is 0 Å². The van der Waals surface area contributed by atoms with Crippen LogP contribution in [0.15, 0.2) is 16.5 Å². The fourth-order valence-electron chi connectivity index (χ4n) is 4.39. The minimum absolute atomic E-state index is 0.266. The van der Waals surface area contributed by atoms with E-state index in [1.165, 1.54) is 16.0 Å². The topological polar surface area (TPSA) is 66.5 Å². The Hall–Kier alpha value is -1.95. The molecule has 2 heterocycles. The van der Waals surface area contributed by atoms with Crippen LogP contribution in [0.25, 0.3) is 0 Å². The van der Waals surface area contributed by atoms with Crippen molar-refractivity contribution in [3.8, 4) is 0 Å². The molecule has 3 aliphatic rings. The number of imide groups is 1. The predicted octanol–water partition coefficient (Wildman–Crippen LogP) is 3.25. The van der Waals surface area contributed by atoms with Gasteiger partial charge in [0, 0.05) is 10.3 Å². The van der Waals surface area contributed by atoms with Crippen molar-refractivity contribution in [1.29, 1.82) is 0 Å². The molecule has 3 atom stereocenters. The molecular formula is C20H24N2O3S. The summed E-state index contributed by atoms with van der Waals surface area (Å²) < 4.78 is 0. The van der Waals surface area contributed by atoms with Gasteiger partial charge >= 0.3 is 0 Å². The summed E-state index contributed by atoms with van der Waals surface area (Å²) in [5, 5.41) is 2.85. The summed E-state index contributed by atoms with van der Waals surface area (Å²) in [7, 11) is 0. The van der Waals surface area contributed by atoms with Gasteiger partial charge < -0.3 is 0 Å². The van der Waals surface area contributed by atoms with Crippen LogP contribution >= 0.6 is 11.3 Å². The van der Waals surface area contributed by atoms with Gasteiger partial charge in [-0.2, -0.15) is 5.01 Å². The van der Waals surface area contributed by atoms with Crippen molar-refractivity contribution >= 4 is 29.1 Å². The van der Waals surface area contributed by atoms with Crippen LogP contribution in [0.3, 0.4) is 0 Å². The molecule has 0 spiro atoms. The average molecular weight is 372 g/mol. The number of amides is 3. The third-order valence-corrected chi connectivity index (χ3v) is 7.25. The van der Waals surface area contributed by atoms with Gasteiger partial charge in [0.05, 0.1) is 17.4 Å². The van der Waals surface area contributed by atoms with Crippen LogP contribution in [0.4, 0.5) is 0 Å². The highest BCUT2D eigenvalue weighted by Gasteiger charge is 2.50. The van der Waals surface area contributed by atoms with Crippen LogP contribution in [0, 0.1) is 17.8 Å². The maximum atomic E-state index is 12.8. The van der Waals surface area contributed by atoms with Gasteiger partial charge in [0.25, 0.3) is 17.7 Å². The highest BCUT2D eigenvalue weighted by atomic mass is 32.1. The Morgan fingerprint density at radius 3 is 2.35 bits per heavy atom. The molecule has 0 radical (unpaired) electrons. The molecule has 1 aromatic rings. The quantitative estimate of drug-likeness (QED) is 0.640. The van der Waals surface area contributed by atoms with E-state index in [0.717, 1.165) is 29.8 Å². The third kappa shape index (κ3) is 2.71. The number of nitrogens with one attached hydrogen (secondary N) is 1. The molecule has 1 N–H and O–H groups in total. The van der Waals surface area contributed by atoms with Crippen LogP contribution in [-0.4, -0.2) is 22.7 Å². The van der Waals surface area contributed by atoms with Gasteiger partial charge in [-0.3, -0.25) is 19.8 Å². The first kappa shape index (κ1) is 17.5. The Morgan fingerprint density at radius 2 is 1.73 bits per heavy atom. The Balaban J connectivity index is 1.53. The Labute approximate surface area is 157 Å². The smallest absolute Gasteiger partial charge is 0.271 e. The summed E-state index contributed by atoms with van der Waals surface area (Å²) >= 11 is 1.61. The van der Waals surface area contributed by atoms with Crippen LogP contribution in [0.2, 0.25) is 0 Å². The fourth-order valence-corrected chi connectivity index (χ4v) is 5.64. The number of carbonyl (C=O) groups is 3. The summed E-state index contributed by atoms with van der Waals surface area (Å²) in [4.78, 5) is 39.5. The zero-order chi connectivity index (χ0) is 18.6. The van der Waals surface area contributed by atoms with Gasteiger partial charge in [0.15, 0.2) is 0 Å². The molecule has 0 unspecified atom stereocenters. The third-order valence-electron chi connectivity index (χ3n) is 6.20. The van der Waals surface area contributed by atoms with Crippen molar-refractivity contribution in [2.75, 3.05) is 0 Å². The van der Waals surface area contributed by atoms with E-state index in [1.807, 2.05) is 19.2 Å². The first-order valence-corrected chi connectivity index (χ1v) is 10.2. The van der Waals surface area contributed by atoms with Gasteiger partial charge in [-0.25, -0.2) is 0 Å². The number of hydrogen-bond acceptors (Lipinski definition) is 4. The number of allylic oxidation sites excluding steroid dienone is 2. The molecule has 3 amide bonds. The average Bonchev–Trinajstić information content (AvgIpc) is 3.11. The van der Waals surface area contributed by atoms with E-state index in [0.29, 0.717) is 24.3 Å². The monoisotopic (exact) mass is 372 g/mol. The summed E-state index contributed by atoms with van der Waals surface area (Å²) in [6.07, 6.45) is 4.18. The van der Waals surface area contributed by atoms with Crippen LogP contribution < -0.4 is 5.43 Å². The second-order valence-electron chi connectivity index (χ2n) is 8.03. The lowest BCUT2D eigenvalue weighted by Crippen LogP contribution is -2.46. The highest BCUT2D eigenvalue weighted by Crippen LogP contribution is 2.40. The first-order valence-electron chi connectivity index (χ1n) is 9.30. The van der Waals surface area contributed by atoms with Gasteiger partial charge in [0.2, 0.25) is 0 Å². The van der Waals surface area contributed by atoms with Gasteiger partial charge in [-0.1, -0.05) is 18.1 Å². The van der Waals surface area contributed by atoms with Crippen molar-refractivity contribution < 1.29 is 14.4 Å². The van der Waals surface area contributed by atoms with E-state index in [1.54, 1.807) is 11.3 Å². The summed E-state index contributed by atoms with van der Waals surface area (Å²) in [6, 6.07) is 0. The molecule has 138 valence electrons. The number of carbonyl (C=O) groups excluding carboxylic acids is 3. The zero-order valence-electron chi connectivity index (χ0n) is 15.4. The first-order chi connectivity index (χ1) is 12.4. The lowest BCUT2D eigenvalue weighted by molar-refractivity contribution is -0.142. The van der Waals surface area contributed by atoms with Gasteiger partial charge in [0.1, 0.15) is 0 Å². The molecular weight excluding hydrogens is 348 g/mol. The molecule has 2 aliphatic carbocycles. The van der Waals surface area contributed by atoms with E-state index < -0.39 is 0 Å². The van der Waals surface area contributed by atoms with E-state index in [2.05, 4.69) is 12.3 Å². The van der Waals surface area contributed by atoms with Crippen molar-refractivity contribution in [2.45, 2.75) is 52.9 Å². The number of fused-ring (bicyclic) bond motifs is 2. The van der Waals surface area contributed by atoms with E-state index in [-0.39, 0.29) is 29.6 Å². The number of hydrazine groups is 1. The SMILES string of the molecule is CC1=C(C)C[C@@H]2C(=O)N(NC(=O)c3csc4c3CC[C@H](C)C4)C(=O)[C@H]2C1. The molecule has 5 nitrogen and oxygen atoms in total. The lowest BCUT2D eigenvalue weighted by atomic mass is 9.78. The largest absolute Gasteiger partial charge is 0.272 e. The molecule has 4 rings (SSSR count). The molecule has 1 aliphatic heterocycles. The van der Waals surface area contributed by atoms with Crippen molar-refractivity contribution in [3.05, 3.63) is 32.5 Å². The molecule has 0 bridgehead atoms. The molecule has 6 heteroatoms. The minimum atomic E-state index is -0.334. The number of hydrogen-bond donors (Lipinski definition) is 1. The van der Waals surface area contributed by atoms with Gasteiger partial charge in [-0.15, -0.1) is 11.3 Å². The molecule has 26 heavy (non-hydrogen) atoms. The number of nitrogens with zero attached hydrogens (tertiary/aromatic N) is 1. The fraction of sp³-hybridized carbons (Fsp3) is 0.550. The molecule has 1 aromatic heterocycles. The van der Waals surface area contributed by atoms with Crippen molar-refractivity contribution in [2.24, 2.45) is 17.8 Å². The Kier molecular flexibility index (Phi) is 4.26. The Morgan fingerprint density at radius 1 is 1.12 bits per heavy atom. The van der Waals surface area contributed by atoms with Crippen LogP contribution in [-0.2, 0) is 22.4 Å². The summed E-state index contributed by atoms with van der Waals surface area (Å²) in [5.41, 5.74) is 6.69. The number of thiophene rings is 1. The van der Waals surface area contributed by atoms with Gasteiger partial charge in [-0.05, 0) is 57.4 Å². The van der Waals surface area contributed by atoms with E-state index in [9.17, 15) is 14.4 Å². The van der Waals surface area contributed by atoms with Crippen LogP contribution in [0.5, 0.6) is 0 Å². The molecule has 1 saturated heterocycles. The highest BCUT2D eigenvalue weighted by molar-refractivity contribution is 7.10. The second kappa shape index (κ2) is 6.34. The van der Waals surface area contributed by atoms with E-state index >= 15 is 0 Å². The number of rotatable bonds is 2. The maximum absolute atomic E-state index is 12.8. The normalized spacial score (nSPS) is 28.3. The standard InChI is InChI=1S/C20H24N2O3S/c1-10-4-5-13-16(9-26-17(13)6-10)18(23)21-22-19(24)14-7-11(2)12(3)8-15(14)20(22)25/h9-10,14-15H,4-8H2,1-3H3,(H,21,23)/t10-,14-,15-/m0/s1. The Bertz CT molecular complexity index is 806. The predicted molar refractivity (Wildman–Crippen MR) is 99.4 cm³/mol.